The van der Waals surface area contributed by atoms with E-state index in [0.29, 0.717) is 13.1 Å². The molecule has 1 aromatic carbocycles. The van der Waals surface area contributed by atoms with Crippen LogP contribution in [0.3, 0.4) is 0 Å². The second kappa shape index (κ2) is 4.77. The molecule has 1 aliphatic rings. The second-order valence-corrected chi connectivity index (χ2v) is 5.53. The summed E-state index contributed by atoms with van der Waals surface area (Å²) in [5.74, 6) is 0. The molecule has 1 heterocycles. The molecule has 17 heavy (non-hydrogen) atoms. The zero-order chi connectivity index (χ0) is 12.5. The number of nitrogens with zero attached hydrogens (tertiary/aromatic N) is 1. The highest BCUT2D eigenvalue weighted by Crippen LogP contribution is 2.31. The molecule has 2 atom stereocenters. The van der Waals surface area contributed by atoms with E-state index in [2.05, 4.69) is 17.0 Å². The minimum atomic E-state index is -0.477. The fraction of sp³-hybridized carbons (Fsp3) is 0.571. The Balaban J connectivity index is 2.01. The third-order valence-corrected chi connectivity index (χ3v) is 3.83. The highest BCUT2D eigenvalue weighted by atomic mass is 16.3. The SMILES string of the molecule is CC1(C)C(O)CN(Cc2ccccc2)CC1O. The van der Waals surface area contributed by atoms with Gasteiger partial charge in [-0.1, -0.05) is 44.2 Å². The lowest BCUT2D eigenvalue weighted by Crippen LogP contribution is -2.56. The van der Waals surface area contributed by atoms with E-state index in [1.54, 1.807) is 0 Å². The van der Waals surface area contributed by atoms with Crippen LogP contribution < -0.4 is 0 Å². The number of likely N-dealkylation sites (tertiary alicyclic amines) is 1. The first-order valence-corrected chi connectivity index (χ1v) is 6.12. The molecule has 0 bridgehead atoms. The molecule has 0 spiro atoms. The fourth-order valence-electron chi connectivity index (χ4n) is 2.23. The first-order chi connectivity index (χ1) is 8.00. The maximum Gasteiger partial charge on any atom is 0.0743 e. The minimum Gasteiger partial charge on any atom is -0.391 e. The quantitative estimate of drug-likeness (QED) is 0.811. The Morgan fingerprint density at radius 1 is 1.12 bits per heavy atom. The molecule has 2 rings (SSSR count). The van der Waals surface area contributed by atoms with Gasteiger partial charge in [0.1, 0.15) is 0 Å². The molecule has 1 aromatic rings. The molecule has 1 fully saturated rings. The molecule has 0 aromatic heterocycles. The Morgan fingerprint density at radius 3 is 2.18 bits per heavy atom. The van der Waals surface area contributed by atoms with Gasteiger partial charge in [0.15, 0.2) is 0 Å². The number of hydrogen-bond donors (Lipinski definition) is 2. The predicted molar refractivity (Wildman–Crippen MR) is 67.5 cm³/mol. The Hall–Kier alpha value is -0.900. The molecule has 1 saturated heterocycles. The molecule has 0 amide bonds. The van der Waals surface area contributed by atoms with Gasteiger partial charge < -0.3 is 10.2 Å². The summed E-state index contributed by atoms with van der Waals surface area (Å²) in [6.45, 7) is 5.87. The van der Waals surface area contributed by atoms with Crippen molar-refractivity contribution in [1.29, 1.82) is 0 Å². The van der Waals surface area contributed by atoms with Crippen molar-refractivity contribution in [2.24, 2.45) is 5.41 Å². The summed E-state index contributed by atoms with van der Waals surface area (Å²) in [4.78, 5) is 2.11. The number of rotatable bonds is 2. The topological polar surface area (TPSA) is 43.7 Å². The molecule has 0 radical (unpaired) electrons. The Kier molecular flexibility index (Phi) is 3.52. The van der Waals surface area contributed by atoms with Crippen molar-refractivity contribution in [1.82, 2.24) is 4.90 Å². The zero-order valence-corrected chi connectivity index (χ0v) is 10.5. The van der Waals surface area contributed by atoms with Gasteiger partial charge in [-0.05, 0) is 5.56 Å². The van der Waals surface area contributed by atoms with Gasteiger partial charge in [-0.2, -0.15) is 0 Å². The van der Waals surface area contributed by atoms with Crippen molar-refractivity contribution in [3.63, 3.8) is 0 Å². The van der Waals surface area contributed by atoms with Gasteiger partial charge >= 0.3 is 0 Å². The maximum atomic E-state index is 10.1. The van der Waals surface area contributed by atoms with Crippen LogP contribution in [0, 0.1) is 5.41 Å². The molecular formula is C14H21NO2. The number of hydrogen-bond acceptors (Lipinski definition) is 3. The highest BCUT2D eigenvalue weighted by Gasteiger charge is 2.41. The lowest BCUT2D eigenvalue weighted by atomic mass is 9.77. The molecule has 0 aliphatic carbocycles. The number of benzene rings is 1. The Morgan fingerprint density at radius 2 is 1.65 bits per heavy atom. The molecular weight excluding hydrogens is 214 g/mol. The van der Waals surface area contributed by atoms with Crippen LogP contribution in [-0.4, -0.2) is 40.4 Å². The summed E-state index contributed by atoms with van der Waals surface area (Å²) in [6, 6.07) is 10.1. The van der Waals surface area contributed by atoms with E-state index in [1.165, 1.54) is 5.56 Å². The third-order valence-electron chi connectivity index (χ3n) is 3.83. The summed E-state index contributed by atoms with van der Waals surface area (Å²) in [5, 5.41) is 20.1. The standard InChI is InChI=1S/C14H21NO2/c1-14(2)12(16)9-15(10-13(14)17)8-11-6-4-3-5-7-11/h3-7,12-13,16-17H,8-10H2,1-2H3. The van der Waals surface area contributed by atoms with Gasteiger partial charge in [0, 0.05) is 25.0 Å². The molecule has 2 N–H and O–H groups in total. The third kappa shape index (κ3) is 2.68. The van der Waals surface area contributed by atoms with Crippen LogP contribution >= 0.6 is 0 Å². The maximum absolute atomic E-state index is 10.1. The Labute approximate surface area is 103 Å². The van der Waals surface area contributed by atoms with E-state index >= 15 is 0 Å². The van der Waals surface area contributed by atoms with Crippen molar-refractivity contribution < 1.29 is 10.2 Å². The normalized spacial score (nSPS) is 29.2. The van der Waals surface area contributed by atoms with E-state index in [0.717, 1.165) is 6.54 Å². The monoisotopic (exact) mass is 235 g/mol. The van der Waals surface area contributed by atoms with E-state index in [9.17, 15) is 10.2 Å². The molecule has 1 aliphatic heterocycles. The predicted octanol–water partition coefficient (Wildman–Crippen LogP) is 1.25. The lowest BCUT2D eigenvalue weighted by molar-refractivity contribution is -0.110. The van der Waals surface area contributed by atoms with Crippen molar-refractivity contribution in [3.05, 3.63) is 35.9 Å². The van der Waals surface area contributed by atoms with Crippen LogP contribution in [0.25, 0.3) is 0 Å². The number of piperidine rings is 1. The van der Waals surface area contributed by atoms with E-state index in [1.807, 2.05) is 32.0 Å². The number of β-amino-alcohol motifs (C(OH)–C–C–N with tert-alkyl or cyclic N) is 2. The van der Waals surface area contributed by atoms with Gasteiger partial charge in [-0.3, -0.25) is 4.90 Å². The second-order valence-electron chi connectivity index (χ2n) is 5.53. The van der Waals surface area contributed by atoms with Crippen LogP contribution in [0.2, 0.25) is 0 Å². The highest BCUT2D eigenvalue weighted by molar-refractivity contribution is 5.14. The summed E-state index contributed by atoms with van der Waals surface area (Å²) >= 11 is 0. The number of aliphatic hydroxyl groups excluding tert-OH is 2. The van der Waals surface area contributed by atoms with Crippen molar-refractivity contribution >= 4 is 0 Å². The molecule has 2 unspecified atom stereocenters. The summed E-state index contributed by atoms with van der Waals surface area (Å²) in [5.41, 5.74) is 0.805. The summed E-state index contributed by atoms with van der Waals surface area (Å²) in [7, 11) is 0. The van der Waals surface area contributed by atoms with Crippen LogP contribution in [0.1, 0.15) is 19.4 Å². The molecule has 3 nitrogen and oxygen atoms in total. The van der Waals surface area contributed by atoms with Crippen LogP contribution in [-0.2, 0) is 6.54 Å². The van der Waals surface area contributed by atoms with Crippen LogP contribution in [0.5, 0.6) is 0 Å². The van der Waals surface area contributed by atoms with E-state index < -0.39 is 17.6 Å². The van der Waals surface area contributed by atoms with Crippen LogP contribution in [0.4, 0.5) is 0 Å². The van der Waals surface area contributed by atoms with Gasteiger partial charge in [0.25, 0.3) is 0 Å². The smallest absolute Gasteiger partial charge is 0.0743 e. The molecule has 0 saturated carbocycles. The van der Waals surface area contributed by atoms with Gasteiger partial charge in [0.2, 0.25) is 0 Å². The lowest BCUT2D eigenvalue weighted by Gasteiger charge is -2.44. The summed E-state index contributed by atoms with van der Waals surface area (Å²) in [6.07, 6.45) is -0.954. The van der Waals surface area contributed by atoms with Gasteiger partial charge in [-0.15, -0.1) is 0 Å². The largest absolute Gasteiger partial charge is 0.391 e. The average molecular weight is 235 g/mol. The Bertz CT molecular complexity index is 350. The van der Waals surface area contributed by atoms with Crippen LogP contribution in [0.15, 0.2) is 30.3 Å². The average Bonchev–Trinajstić information content (AvgIpc) is 2.28. The fourth-order valence-corrected chi connectivity index (χ4v) is 2.23. The first kappa shape index (κ1) is 12.6. The minimum absolute atomic E-state index is 0.410. The number of aliphatic hydroxyl groups is 2. The van der Waals surface area contributed by atoms with Crippen molar-refractivity contribution in [2.75, 3.05) is 13.1 Å². The zero-order valence-electron chi connectivity index (χ0n) is 10.5. The van der Waals surface area contributed by atoms with Gasteiger partial charge in [-0.25, -0.2) is 0 Å². The van der Waals surface area contributed by atoms with E-state index in [-0.39, 0.29) is 0 Å². The molecule has 94 valence electrons. The van der Waals surface area contributed by atoms with Crippen molar-refractivity contribution in [2.45, 2.75) is 32.6 Å². The van der Waals surface area contributed by atoms with Gasteiger partial charge in [0.05, 0.1) is 12.2 Å². The van der Waals surface area contributed by atoms with Crippen molar-refractivity contribution in [3.8, 4) is 0 Å². The molecule has 3 heteroatoms. The first-order valence-electron chi connectivity index (χ1n) is 6.12. The summed E-state index contributed by atoms with van der Waals surface area (Å²) < 4.78 is 0. The van der Waals surface area contributed by atoms with E-state index in [4.69, 9.17) is 0 Å².